The van der Waals surface area contributed by atoms with Crippen LogP contribution < -0.4 is 10.6 Å². The van der Waals surface area contributed by atoms with Crippen LogP contribution >= 0.6 is 0 Å². The van der Waals surface area contributed by atoms with Crippen LogP contribution in [0.5, 0.6) is 0 Å². The predicted molar refractivity (Wildman–Crippen MR) is 108 cm³/mol. The number of carbonyl (C=O) groups excluding carboxylic acids is 2. The van der Waals surface area contributed by atoms with Gasteiger partial charge in [0.05, 0.1) is 17.4 Å². The van der Waals surface area contributed by atoms with E-state index in [4.69, 9.17) is 8.83 Å². The molecule has 1 unspecified atom stereocenters. The zero-order valence-corrected chi connectivity index (χ0v) is 17.1. The van der Waals surface area contributed by atoms with Crippen molar-refractivity contribution in [1.29, 1.82) is 0 Å². The lowest BCUT2D eigenvalue weighted by Gasteiger charge is -2.16. The molecule has 0 aliphatic carbocycles. The van der Waals surface area contributed by atoms with Crippen molar-refractivity contribution in [2.75, 3.05) is 13.1 Å². The summed E-state index contributed by atoms with van der Waals surface area (Å²) in [6.07, 6.45) is 3.31. The third-order valence-corrected chi connectivity index (χ3v) is 6.55. The number of hydrogen-bond donors (Lipinski definition) is 2. The van der Waals surface area contributed by atoms with Gasteiger partial charge in [0.15, 0.2) is 9.84 Å². The van der Waals surface area contributed by atoms with Gasteiger partial charge in [0.25, 0.3) is 0 Å². The predicted octanol–water partition coefficient (Wildman–Crippen LogP) is 2.17. The average Bonchev–Trinajstić information content (AvgIpc) is 3.42. The van der Waals surface area contributed by atoms with Crippen molar-refractivity contribution >= 4 is 21.7 Å². The van der Waals surface area contributed by atoms with E-state index in [0.717, 1.165) is 5.56 Å². The molecular weight excluding hydrogens is 408 g/mol. The van der Waals surface area contributed by atoms with Crippen LogP contribution in [-0.4, -0.2) is 33.3 Å². The molecule has 2 heterocycles. The maximum Gasteiger partial charge on any atom is 0.309 e. The van der Waals surface area contributed by atoms with E-state index < -0.39 is 26.9 Å². The molecule has 0 radical (unpaired) electrons. The molecule has 0 bridgehead atoms. The molecule has 9 heteroatoms. The summed E-state index contributed by atoms with van der Waals surface area (Å²) in [4.78, 5) is 24.2. The highest BCUT2D eigenvalue weighted by Crippen LogP contribution is 2.29. The van der Waals surface area contributed by atoms with Crippen molar-refractivity contribution in [2.45, 2.75) is 23.5 Å². The highest BCUT2D eigenvalue weighted by molar-refractivity contribution is 7.91. The van der Waals surface area contributed by atoms with Crippen LogP contribution in [0.2, 0.25) is 0 Å². The number of amides is 2. The normalized spacial score (nSPS) is 12.3. The second kappa shape index (κ2) is 9.45. The molecule has 1 atom stereocenters. The standard InChI is InChI=1S/C21H22N2O6S/c1-15-6-8-17(9-7-15)30(26,27)19(18-5-3-13-29-18)14-23-21(25)20(24)22-11-10-16-4-2-12-28-16/h2-9,12-13,19H,10-11,14H2,1H3,(H,22,24)(H,23,25). The van der Waals surface area contributed by atoms with Crippen LogP contribution in [0.15, 0.2) is 74.8 Å². The molecule has 3 rings (SSSR count). The molecule has 0 spiro atoms. The van der Waals surface area contributed by atoms with E-state index in [1.54, 1.807) is 30.3 Å². The molecule has 30 heavy (non-hydrogen) atoms. The number of carbonyl (C=O) groups is 2. The van der Waals surface area contributed by atoms with Crippen LogP contribution in [0.3, 0.4) is 0 Å². The lowest BCUT2D eigenvalue weighted by Crippen LogP contribution is -2.42. The van der Waals surface area contributed by atoms with Gasteiger partial charge in [0.1, 0.15) is 16.8 Å². The summed E-state index contributed by atoms with van der Waals surface area (Å²) in [7, 11) is -3.86. The van der Waals surface area contributed by atoms with Gasteiger partial charge in [-0.15, -0.1) is 0 Å². The smallest absolute Gasteiger partial charge is 0.309 e. The Morgan fingerprint density at radius 3 is 2.23 bits per heavy atom. The van der Waals surface area contributed by atoms with Crippen LogP contribution in [0, 0.1) is 6.92 Å². The number of sulfone groups is 1. The maximum atomic E-state index is 13.1. The first-order valence-electron chi connectivity index (χ1n) is 9.30. The monoisotopic (exact) mass is 430 g/mol. The fraction of sp³-hybridized carbons (Fsp3) is 0.238. The molecule has 158 valence electrons. The number of rotatable bonds is 8. The SMILES string of the molecule is Cc1ccc(S(=O)(=O)C(CNC(=O)C(=O)NCCc2ccco2)c2ccco2)cc1. The van der Waals surface area contributed by atoms with E-state index in [1.165, 1.54) is 30.7 Å². The maximum absolute atomic E-state index is 13.1. The fourth-order valence-corrected chi connectivity index (χ4v) is 4.42. The lowest BCUT2D eigenvalue weighted by atomic mass is 10.2. The van der Waals surface area contributed by atoms with E-state index in [2.05, 4.69) is 10.6 Å². The van der Waals surface area contributed by atoms with Crippen LogP contribution in [0.25, 0.3) is 0 Å². The molecule has 2 amide bonds. The lowest BCUT2D eigenvalue weighted by molar-refractivity contribution is -0.139. The first kappa shape index (κ1) is 21.4. The molecule has 3 aromatic rings. The average molecular weight is 430 g/mol. The minimum absolute atomic E-state index is 0.103. The first-order chi connectivity index (χ1) is 14.4. The summed E-state index contributed by atoms with van der Waals surface area (Å²) < 4.78 is 36.6. The highest BCUT2D eigenvalue weighted by Gasteiger charge is 2.32. The second-order valence-electron chi connectivity index (χ2n) is 6.66. The molecule has 2 aromatic heterocycles. The van der Waals surface area contributed by atoms with Gasteiger partial charge in [-0.2, -0.15) is 0 Å². The molecule has 0 aliphatic heterocycles. The summed E-state index contributed by atoms with van der Waals surface area (Å²) in [6, 6.07) is 13.0. The Morgan fingerprint density at radius 1 is 0.933 bits per heavy atom. The van der Waals surface area contributed by atoms with Crippen molar-refractivity contribution in [3.05, 3.63) is 78.1 Å². The molecule has 0 saturated heterocycles. The second-order valence-corrected chi connectivity index (χ2v) is 8.79. The van der Waals surface area contributed by atoms with Gasteiger partial charge in [0.2, 0.25) is 0 Å². The molecule has 0 fully saturated rings. The first-order valence-corrected chi connectivity index (χ1v) is 10.8. The van der Waals surface area contributed by atoms with Gasteiger partial charge in [-0.3, -0.25) is 9.59 Å². The van der Waals surface area contributed by atoms with E-state index in [-0.39, 0.29) is 23.7 Å². The molecule has 1 aromatic carbocycles. The summed E-state index contributed by atoms with van der Waals surface area (Å²) in [6.45, 7) is 1.75. The van der Waals surface area contributed by atoms with Crippen molar-refractivity contribution in [2.24, 2.45) is 0 Å². The zero-order valence-electron chi connectivity index (χ0n) is 16.3. The minimum Gasteiger partial charge on any atom is -0.469 e. The van der Waals surface area contributed by atoms with E-state index >= 15 is 0 Å². The van der Waals surface area contributed by atoms with Crippen LogP contribution in [-0.2, 0) is 25.8 Å². The third-order valence-electron chi connectivity index (χ3n) is 4.48. The van der Waals surface area contributed by atoms with Gasteiger partial charge in [0, 0.05) is 19.5 Å². The van der Waals surface area contributed by atoms with E-state index in [0.29, 0.717) is 12.2 Å². The van der Waals surface area contributed by atoms with Crippen LogP contribution in [0.1, 0.15) is 22.3 Å². The highest BCUT2D eigenvalue weighted by atomic mass is 32.2. The number of nitrogens with one attached hydrogen (secondary N) is 2. The van der Waals surface area contributed by atoms with Gasteiger partial charge in [-0.1, -0.05) is 17.7 Å². The van der Waals surface area contributed by atoms with Crippen molar-refractivity contribution in [3.8, 4) is 0 Å². The Hall–Kier alpha value is -3.33. The Labute approximate surface area is 174 Å². The van der Waals surface area contributed by atoms with E-state index in [1.807, 2.05) is 6.92 Å². The Balaban J connectivity index is 1.65. The summed E-state index contributed by atoms with van der Waals surface area (Å²) in [5.74, 6) is -0.926. The molecule has 8 nitrogen and oxygen atoms in total. The Morgan fingerprint density at radius 2 is 1.60 bits per heavy atom. The molecule has 0 aliphatic rings. The minimum atomic E-state index is -3.86. The third kappa shape index (κ3) is 5.18. The quantitative estimate of drug-likeness (QED) is 0.529. The topological polar surface area (TPSA) is 119 Å². The van der Waals surface area contributed by atoms with Crippen molar-refractivity contribution in [3.63, 3.8) is 0 Å². The van der Waals surface area contributed by atoms with E-state index in [9.17, 15) is 18.0 Å². The van der Waals surface area contributed by atoms with Gasteiger partial charge < -0.3 is 19.5 Å². The summed E-state index contributed by atoms with van der Waals surface area (Å²) in [5.41, 5.74) is 0.919. The van der Waals surface area contributed by atoms with Crippen molar-refractivity contribution < 1.29 is 26.8 Å². The molecule has 2 N–H and O–H groups in total. The summed E-state index contributed by atoms with van der Waals surface area (Å²) >= 11 is 0. The fourth-order valence-electron chi connectivity index (χ4n) is 2.83. The molecule has 0 saturated carbocycles. The van der Waals surface area contributed by atoms with Crippen LogP contribution in [0.4, 0.5) is 0 Å². The number of aryl methyl sites for hydroxylation is 1. The number of hydrogen-bond acceptors (Lipinski definition) is 6. The Bertz CT molecular complexity index is 1070. The number of benzene rings is 1. The number of furan rings is 2. The molecular formula is C21H22N2O6S. The van der Waals surface area contributed by atoms with Crippen molar-refractivity contribution in [1.82, 2.24) is 10.6 Å². The largest absolute Gasteiger partial charge is 0.469 e. The Kier molecular flexibility index (Phi) is 6.73. The summed E-state index contributed by atoms with van der Waals surface area (Å²) in [5, 5.41) is 3.69. The van der Waals surface area contributed by atoms with Gasteiger partial charge >= 0.3 is 11.8 Å². The van der Waals surface area contributed by atoms with Gasteiger partial charge in [-0.25, -0.2) is 8.42 Å². The zero-order chi connectivity index (χ0) is 21.6. The van der Waals surface area contributed by atoms with Gasteiger partial charge in [-0.05, 0) is 43.3 Å².